The zero-order chi connectivity index (χ0) is 10.0. The summed E-state index contributed by atoms with van der Waals surface area (Å²) >= 11 is 8.83. The Kier molecular flexibility index (Phi) is 5.78. The van der Waals surface area contributed by atoms with Crippen molar-refractivity contribution in [1.82, 2.24) is 0 Å². The van der Waals surface area contributed by atoms with Crippen molar-refractivity contribution in [3.8, 4) is 5.75 Å². The number of hydrogen-bond acceptors (Lipinski definition) is 3. The van der Waals surface area contributed by atoms with Crippen LogP contribution in [0.5, 0.6) is 5.75 Å². The molecule has 1 aromatic carbocycles. The summed E-state index contributed by atoms with van der Waals surface area (Å²) in [5, 5.41) is 18.8. The quantitative estimate of drug-likeness (QED) is 0.785. The van der Waals surface area contributed by atoms with E-state index >= 15 is 0 Å². The van der Waals surface area contributed by atoms with Gasteiger partial charge in [-0.15, -0.1) is 12.4 Å². The van der Waals surface area contributed by atoms with E-state index in [0.717, 1.165) is 0 Å². The monoisotopic (exact) mass is 301 g/mol. The topological polar surface area (TPSA) is 66.5 Å². The minimum atomic E-state index is -0.589. The van der Waals surface area contributed by atoms with E-state index in [4.69, 9.17) is 22.4 Å². The molecule has 0 unspecified atom stereocenters. The summed E-state index contributed by atoms with van der Waals surface area (Å²) in [6, 6.07) is 2.60. The molecule has 4 N–H and O–H groups in total. The maximum Gasteiger partial charge on any atom is 0.136 e. The van der Waals surface area contributed by atoms with Crippen LogP contribution in [0.15, 0.2) is 16.6 Å². The van der Waals surface area contributed by atoms with Crippen LogP contribution in [-0.4, -0.2) is 16.8 Å². The fourth-order valence-electron chi connectivity index (χ4n) is 0.952. The third kappa shape index (κ3) is 2.74. The summed E-state index contributed by atoms with van der Waals surface area (Å²) in [5.74, 6) is -0.0194. The molecular formula is C8H10BrCl2NO2. The summed E-state index contributed by atoms with van der Waals surface area (Å²) in [6.07, 6.45) is 0. The molecule has 0 fully saturated rings. The van der Waals surface area contributed by atoms with E-state index in [0.29, 0.717) is 15.1 Å². The molecule has 0 heterocycles. The number of halogens is 3. The number of aliphatic hydroxyl groups is 1. The minimum Gasteiger partial charge on any atom is -0.506 e. The predicted molar refractivity (Wildman–Crippen MR) is 62.1 cm³/mol. The predicted octanol–water partition coefficient (Wildman–Crippen LogP) is 2.22. The van der Waals surface area contributed by atoms with Crippen LogP contribution in [-0.2, 0) is 0 Å². The van der Waals surface area contributed by atoms with Gasteiger partial charge in [0.1, 0.15) is 5.75 Å². The van der Waals surface area contributed by atoms with E-state index in [9.17, 15) is 5.11 Å². The molecule has 80 valence electrons. The standard InChI is InChI=1S/C8H9BrClNO2.ClH/c9-7-5(10)2-1-4(8(7)13)6(11)3-12;/h1-2,6,12-13H,3,11H2;1H/t6-;/m1./s1. The Morgan fingerprint density at radius 1 is 1.50 bits per heavy atom. The number of phenols is 1. The molecule has 0 aliphatic carbocycles. The number of aromatic hydroxyl groups is 1. The second kappa shape index (κ2) is 5.78. The van der Waals surface area contributed by atoms with Gasteiger partial charge in [-0.3, -0.25) is 0 Å². The fraction of sp³-hybridized carbons (Fsp3) is 0.250. The molecule has 0 spiro atoms. The minimum absolute atomic E-state index is 0. The highest BCUT2D eigenvalue weighted by Gasteiger charge is 2.13. The molecule has 1 rings (SSSR count). The second-order valence-electron chi connectivity index (χ2n) is 2.59. The maximum absolute atomic E-state index is 9.56. The number of aliphatic hydroxyl groups excluding tert-OH is 1. The van der Waals surface area contributed by atoms with E-state index in [2.05, 4.69) is 15.9 Å². The van der Waals surface area contributed by atoms with Crippen molar-refractivity contribution in [2.75, 3.05) is 6.61 Å². The van der Waals surface area contributed by atoms with Gasteiger partial charge < -0.3 is 15.9 Å². The van der Waals surface area contributed by atoms with Crippen molar-refractivity contribution in [1.29, 1.82) is 0 Å². The van der Waals surface area contributed by atoms with Crippen molar-refractivity contribution in [2.24, 2.45) is 5.73 Å². The lowest BCUT2D eigenvalue weighted by atomic mass is 10.1. The summed E-state index contributed by atoms with van der Waals surface area (Å²) in [7, 11) is 0. The Morgan fingerprint density at radius 2 is 2.07 bits per heavy atom. The Balaban J connectivity index is 0.00000169. The molecule has 0 radical (unpaired) electrons. The zero-order valence-corrected chi connectivity index (χ0v) is 10.2. The average Bonchev–Trinajstić information content (AvgIpc) is 2.13. The summed E-state index contributed by atoms with van der Waals surface area (Å²) in [4.78, 5) is 0. The lowest BCUT2D eigenvalue weighted by molar-refractivity contribution is 0.265. The second-order valence-corrected chi connectivity index (χ2v) is 3.79. The lowest BCUT2D eigenvalue weighted by Gasteiger charge is -2.12. The van der Waals surface area contributed by atoms with Crippen molar-refractivity contribution >= 4 is 39.9 Å². The van der Waals surface area contributed by atoms with Crippen molar-refractivity contribution in [2.45, 2.75) is 6.04 Å². The van der Waals surface area contributed by atoms with Crippen LogP contribution in [0.1, 0.15) is 11.6 Å². The molecule has 1 aromatic rings. The summed E-state index contributed by atoms with van der Waals surface area (Å²) < 4.78 is 0.399. The van der Waals surface area contributed by atoms with E-state index in [1.54, 1.807) is 12.1 Å². The van der Waals surface area contributed by atoms with Crippen LogP contribution in [0.4, 0.5) is 0 Å². The van der Waals surface area contributed by atoms with Gasteiger partial charge >= 0.3 is 0 Å². The molecule has 0 bridgehead atoms. The largest absolute Gasteiger partial charge is 0.506 e. The fourth-order valence-corrected chi connectivity index (χ4v) is 1.47. The van der Waals surface area contributed by atoms with E-state index in [1.807, 2.05) is 0 Å². The first-order valence-corrected chi connectivity index (χ1v) is 4.78. The van der Waals surface area contributed by atoms with Crippen LogP contribution < -0.4 is 5.73 Å². The van der Waals surface area contributed by atoms with Gasteiger partial charge in [0.25, 0.3) is 0 Å². The number of rotatable bonds is 2. The van der Waals surface area contributed by atoms with Crippen molar-refractivity contribution in [3.63, 3.8) is 0 Å². The van der Waals surface area contributed by atoms with E-state index in [1.165, 1.54) is 0 Å². The molecule has 0 amide bonds. The number of nitrogens with two attached hydrogens (primary N) is 1. The highest BCUT2D eigenvalue weighted by molar-refractivity contribution is 9.10. The first kappa shape index (κ1) is 14.0. The number of hydrogen-bond donors (Lipinski definition) is 3. The van der Waals surface area contributed by atoms with Gasteiger partial charge in [-0.2, -0.15) is 0 Å². The molecule has 0 aliphatic rings. The first-order chi connectivity index (χ1) is 6.07. The zero-order valence-electron chi connectivity index (χ0n) is 7.08. The Hall–Kier alpha value is -0.000000000000000111. The molecule has 6 heteroatoms. The first-order valence-electron chi connectivity index (χ1n) is 3.61. The Labute approximate surface area is 101 Å². The van der Waals surface area contributed by atoms with Crippen LogP contribution in [0.2, 0.25) is 5.02 Å². The van der Waals surface area contributed by atoms with Gasteiger partial charge in [0, 0.05) is 5.56 Å². The van der Waals surface area contributed by atoms with Gasteiger partial charge in [-0.25, -0.2) is 0 Å². The highest BCUT2D eigenvalue weighted by atomic mass is 79.9. The van der Waals surface area contributed by atoms with E-state index in [-0.39, 0.29) is 24.8 Å². The Bertz CT molecular complexity index is 322. The van der Waals surface area contributed by atoms with Gasteiger partial charge in [0.05, 0.1) is 22.1 Å². The van der Waals surface area contributed by atoms with Gasteiger partial charge in [0.2, 0.25) is 0 Å². The molecule has 1 atom stereocenters. The number of benzene rings is 1. The Morgan fingerprint density at radius 3 is 2.57 bits per heavy atom. The van der Waals surface area contributed by atoms with Gasteiger partial charge in [-0.1, -0.05) is 17.7 Å². The molecule has 0 aliphatic heterocycles. The van der Waals surface area contributed by atoms with Crippen molar-refractivity contribution in [3.05, 3.63) is 27.2 Å². The van der Waals surface area contributed by atoms with Crippen LogP contribution in [0, 0.1) is 0 Å². The third-order valence-electron chi connectivity index (χ3n) is 1.70. The molecular weight excluding hydrogens is 293 g/mol. The van der Waals surface area contributed by atoms with Crippen molar-refractivity contribution < 1.29 is 10.2 Å². The molecule has 0 saturated carbocycles. The van der Waals surface area contributed by atoms with E-state index < -0.39 is 6.04 Å². The highest BCUT2D eigenvalue weighted by Crippen LogP contribution is 2.36. The van der Waals surface area contributed by atoms with Crippen LogP contribution in [0.25, 0.3) is 0 Å². The molecule has 3 nitrogen and oxygen atoms in total. The smallest absolute Gasteiger partial charge is 0.136 e. The summed E-state index contributed by atoms with van der Waals surface area (Å²) in [5.41, 5.74) is 6.01. The third-order valence-corrected chi connectivity index (χ3v) is 3.04. The molecule has 0 saturated heterocycles. The summed E-state index contributed by atoms with van der Waals surface area (Å²) in [6.45, 7) is -0.221. The maximum atomic E-state index is 9.56. The molecule has 14 heavy (non-hydrogen) atoms. The van der Waals surface area contributed by atoms with Gasteiger partial charge in [-0.05, 0) is 22.0 Å². The number of phenolic OH excluding ortho intramolecular Hbond substituents is 1. The lowest BCUT2D eigenvalue weighted by Crippen LogP contribution is -2.14. The van der Waals surface area contributed by atoms with Gasteiger partial charge in [0.15, 0.2) is 0 Å². The SMILES string of the molecule is Cl.N[C@H](CO)c1ccc(Cl)c(Br)c1O. The van der Waals surface area contributed by atoms with Crippen LogP contribution in [0.3, 0.4) is 0 Å². The van der Waals surface area contributed by atoms with Crippen LogP contribution >= 0.6 is 39.9 Å². The average molecular weight is 303 g/mol. The molecule has 0 aromatic heterocycles. The normalized spacial score (nSPS) is 12.0.